The molecule has 9 heteroatoms. The number of nitrogens with zero attached hydrogens (tertiary/aromatic N) is 5. The van der Waals surface area contributed by atoms with Crippen LogP contribution in [0, 0.1) is 12.8 Å². The Morgan fingerprint density at radius 2 is 2.04 bits per heavy atom. The lowest BCUT2D eigenvalue weighted by Gasteiger charge is -2.10. The number of carbonyl (C=O) groups is 1. The molecule has 0 saturated heterocycles. The summed E-state index contributed by atoms with van der Waals surface area (Å²) in [6, 6.07) is 1.83. The highest BCUT2D eigenvalue weighted by molar-refractivity contribution is 6.02. The third kappa shape index (κ3) is 2.59. The molecule has 1 amide bonds. The standard InChI is InChI=1S/C18H17N7O2/c1-9-20-8-15-25(9)24-18(27-15)13-7-22-16(19-2)12-6-21-14(5-11(12)13)23-17(26)10-3-4-10/h5-8,10H,3-4H2,1-2H3,(H,19,22)(H,21,23,26). The molecule has 0 atom stereocenters. The van der Waals surface area contributed by atoms with Crippen LogP contribution in [0.15, 0.2) is 29.1 Å². The summed E-state index contributed by atoms with van der Waals surface area (Å²) in [7, 11) is 1.80. The number of aromatic nitrogens is 5. The van der Waals surface area contributed by atoms with Gasteiger partial charge >= 0.3 is 0 Å². The summed E-state index contributed by atoms with van der Waals surface area (Å²) in [5, 5.41) is 12.1. The van der Waals surface area contributed by atoms with Crippen LogP contribution in [0.4, 0.5) is 11.6 Å². The summed E-state index contributed by atoms with van der Waals surface area (Å²) in [5.41, 5.74) is 1.28. The Morgan fingerprint density at radius 3 is 2.78 bits per heavy atom. The second kappa shape index (κ2) is 5.76. The number of hydrogen-bond acceptors (Lipinski definition) is 7. The molecule has 0 aromatic carbocycles. The van der Waals surface area contributed by atoms with Gasteiger partial charge in [-0.15, -0.1) is 5.10 Å². The van der Waals surface area contributed by atoms with Crippen molar-refractivity contribution < 1.29 is 9.21 Å². The topological polar surface area (TPSA) is 110 Å². The molecule has 9 nitrogen and oxygen atoms in total. The minimum Gasteiger partial charge on any atom is -0.417 e. The average Bonchev–Trinajstić information content (AvgIpc) is 3.36. The number of carbonyl (C=O) groups excluding carboxylic acids is 1. The van der Waals surface area contributed by atoms with Crippen LogP contribution in [0.1, 0.15) is 18.7 Å². The lowest BCUT2D eigenvalue weighted by Crippen LogP contribution is -2.14. The van der Waals surface area contributed by atoms with E-state index >= 15 is 0 Å². The van der Waals surface area contributed by atoms with Gasteiger partial charge in [-0.25, -0.2) is 15.0 Å². The lowest BCUT2D eigenvalue weighted by atomic mass is 10.1. The molecule has 0 spiro atoms. The molecule has 136 valence electrons. The van der Waals surface area contributed by atoms with Crippen molar-refractivity contribution in [2.24, 2.45) is 5.92 Å². The zero-order valence-corrected chi connectivity index (χ0v) is 14.9. The summed E-state index contributed by atoms with van der Waals surface area (Å²) in [5.74, 6) is 2.49. The van der Waals surface area contributed by atoms with Gasteiger partial charge in [-0.3, -0.25) is 4.79 Å². The Bertz CT molecular complexity index is 1190. The number of imidazole rings is 1. The second-order valence-corrected chi connectivity index (χ2v) is 6.61. The quantitative estimate of drug-likeness (QED) is 0.573. The number of nitrogens with one attached hydrogen (secondary N) is 2. The lowest BCUT2D eigenvalue weighted by molar-refractivity contribution is -0.117. The highest BCUT2D eigenvalue weighted by atomic mass is 16.4. The van der Waals surface area contributed by atoms with Crippen molar-refractivity contribution in [2.75, 3.05) is 17.7 Å². The van der Waals surface area contributed by atoms with E-state index in [1.165, 1.54) is 0 Å². The number of hydrogen-bond donors (Lipinski definition) is 2. The number of fused-ring (bicyclic) bond motifs is 2. The molecule has 1 aliphatic carbocycles. The molecule has 1 saturated carbocycles. The molecular formula is C18H17N7O2. The van der Waals surface area contributed by atoms with Crippen LogP contribution in [0.2, 0.25) is 0 Å². The Labute approximate surface area is 153 Å². The molecule has 4 aromatic heterocycles. The van der Waals surface area contributed by atoms with Crippen LogP contribution < -0.4 is 10.6 Å². The first kappa shape index (κ1) is 15.7. The third-order valence-corrected chi connectivity index (χ3v) is 4.71. The molecule has 0 unspecified atom stereocenters. The van der Waals surface area contributed by atoms with Gasteiger partial charge in [0.05, 0.1) is 11.8 Å². The Morgan fingerprint density at radius 1 is 1.19 bits per heavy atom. The number of aryl methyl sites for hydroxylation is 1. The molecule has 5 rings (SSSR count). The number of anilines is 2. The van der Waals surface area contributed by atoms with Crippen LogP contribution >= 0.6 is 0 Å². The van der Waals surface area contributed by atoms with Crippen LogP contribution in [0.5, 0.6) is 0 Å². The smallest absolute Gasteiger partial charge is 0.248 e. The number of amides is 1. The largest absolute Gasteiger partial charge is 0.417 e. The van der Waals surface area contributed by atoms with E-state index in [4.69, 9.17) is 4.42 Å². The van der Waals surface area contributed by atoms with Gasteiger partial charge in [-0.2, -0.15) is 4.52 Å². The first-order valence-electron chi connectivity index (χ1n) is 8.73. The Kier molecular flexibility index (Phi) is 3.36. The summed E-state index contributed by atoms with van der Waals surface area (Å²) in [4.78, 5) is 25.1. The molecule has 0 bridgehead atoms. The van der Waals surface area contributed by atoms with Gasteiger partial charge in [-0.1, -0.05) is 0 Å². The fraction of sp³-hybridized carbons (Fsp3) is 0.278. The third-order valence-electron chi connectivity index (χ3n) is 4.71. The van der Waals surface area contributed by atoms with Gasteiger partial charge in [0, 0.05) is 36.1 Å². The molecular weight excluding hydrogens is 346 g/mol. The van der Waals surface area contributed by atoms with Gasteiger partial charge in [-0.05, 0) is 25.8 Å². The van der Waals surface area contributed by atoms with Crippen LogP contribution in [-0.2, 0) is 4.79 Å². The number of pyridine rings is 2. The van der Waals surface area contributed by atoms with Crippen molar-refractivity contribution in [3.8, 4) is 11.5 Å². The molecule has 2 N–H and O–H groups in total. The van der Waals surface area contributed by atoms with E-state index in [9.17, 15) is 4.79 Å². The summed E-state index contributed by atoms with van der Waals surface area (Å²) in [6.07, 6.45) is 6.91. The highest BCUT2D eigenvalue weighted by Gasteiger charge is 2.30. The van der Waals surface area contributed by atoms with Gasteiger partial charge in [0.1, 0.15) is 17.5 Å². The first-order chi connectivity index (χ1) is 13.1. The fourth-order valence-electron chi connectivity index (χ4n) is 3.07. The minimum atomic E-state index is 0.0124. The normalized spacial score (nSPS) is 14.0. The zero-order chi connectivity index (χ0) is 18.5. The summed E-state index contributed by atoms with van der Waals surface area (Å²) < 4.78 is 7.49. The van der Waals surface area contributed by atoms with E-state index in [2.05, 4.69) is 30.7 Å². The van der Waals surface area contributed by atoms with Crippen molar-refractivity contribution in [1.82, 2.24) is 24.6 Å². The van der Waals surface area contributed by atoms with Crippen LogP contribution in [0.3, 0.4) is 0 Å². The molecule has 1 aliphatic rings. The van der Waals surface area contributed by atoms with Crippen molar-refractivity contribution in [2.45, 2.75) is 19.8 Å². The minimum absolute atomic E-state index is 0.0124. The maximum absolute atomic E-state index is 12.1. The van der Waals surface area contributed by atoms with E-state index in [-0.39, 0.29) is 11.8 Å². The molecule has 1 fully saturated rings. The highest BCUT2D eigenvalue weighted by Crippen LogP contribution is 2.34. The van der Waals surface area contributed by atoms with Gasteiger partial charge < -0.3 is 15.1 Å². The fourth-order valence-corrected chi connectivity index (χ4v) is 3.07. The zero-order valence-electron chi connectivity index (χ0n) is 14.9. The predicted molar refractivity (Wildman–Crippen MR) is 99.4 cm³/mol. The van der Waals surface area contributed by atoms with Crippen molar-refractivity contribution in [1.29, 1.82) is 0 Å². The van der Waals surface area contributed by atoms with E-state index in [0.29, 0.717) is 23.2 Å². The van der Waals surface area contributed by atoms with E-state index in [0.717, 1.165) is 35.0 Å². The second-order valence-electron chi connectivity index (χ2n) is 6.61. The predicted octanol–water partition coefficient (Wildman–Crippen LogP) is 2.63. The molecule has 4 aromatic rings. The van der Waals surface area contributed by atoms with Gasteiger partial charge in [0.25, 0.3) is 0 Å². The average molecular weight is 363 g/mol. The van der Waals surface area contributed by atoms with E-state index in [1.54, 1.807) is 30.2 Å². The van der Waals surface area contributed by atoms with Gasteiger partial charge in [0.15, 0.2) is 0 Å². The summed E-state index contributed by atoms with van der Waals surface area (Å²) in [6.45, 7) is 1.86. The Hall–Kier alpha value is -3.49. The molecule has 0 aliphatic heterocycles. The SMILES string of the molecule is CNc1ncc(-c2nn3c(C)ncc3o2)c2cc(NC(=O)C3CC3)ncc12. The Balaban J connectivity index is 1.66. The molecule has 0 radical (unpaired) electrons. The molecule has 27 heavy (non-hydrogen) atoms. The van der Waals surface area contributed by atoms with Gasteiger partial charge in [0.2, 0.25) is 17.5 Å². The van der Waals surface area contributed by atoms with Crippen molar-refractivity contribution >= 4 is 34.0 Å². The number of rotatable bonds is 4. The van der Waals surface area contributed by atoms with E-state index in [1.807, 2.05) is 13.0 Å². The van der Waals surface area contributed by atoms with Crippen LogP contribution in [-0.4, -0.2) is 37.5 Å². The van der Waals surface area contributed by atoms with Crippen molar-refractivity contribution in [3.05, 3.63) is 30.5 Å². The monoisotopic (exact) mass is 363 g/mol. The first-order valence-corrected chi connectivity index (χ1v) is 8.73. The maximum atomic E-state index is 12.1. The van der Waals surface area contributed by atoms with E-state index < -0.39 is 0 Å². The molecule has 4 heterocycles. The van der Waals surface area contributed by atoms with Crippen LogP contribution in [0.25, 0.3) is 27.9 Å². The maximum Gasteiger partial charge on any atom is 0.248 e. The summed E-state index contributed by atoms with van der Waals surface area (Å²) >= 11 is 0. The van der Waals surface area contributed by atoms with Crippen molar-refractivity contribution in [3.63, 3.8) is 0 Å².